The molecule has 1 unspecified atom stereocenters. The first kappa shape index (κ1) is 19.8. The topological polar surface area (TPSA) is 63.7 Å². The van der Waals surface area contributed by atoms with Crippen LogP contribution in [0.15, 0.2) is 23.6 Å². The summed E-state index contributed by atoms with van der Waals surface area (Å²) in [6, 6.07) is 5.96. The summed E-state index contributed by atoms with van der Waals surface area (Å²) >= 11 is 1.47. The number of nitrogens with zero attached hydrogens (tertiary/aromatic N) is 2. The number of thiazole rings is 1. The molecule has 0 radical (unpaired) electrons. The highest BCUT2D eigenvalue weighted by molar-refractivity contribution is 7.13. The van der Waals surface area contributed by atoms with E-state index in [0.29, 0.717) is 5.69 Å². The standard InChI is InChI=1S/C16H17N3O3S.2ClH/c1-19(11-4-5-17-7-11)16(20)12-8-23-15(18-12)10-2-3-13-14(6-10)22-9-21-13;;/h2-3,6,8,11,17H,4-5,7,9H2,1H3;2*1H. The van der Waals surface area contributed by atoms with E-state index in [1.807, 2.05) is 30.6 Å². The van der Waals surface area contributed by atoms with E-state index in [1.54, 1.807) is 4.90 Å². The van der Waals surface area contributed by atoms with Gasteiger partial charge in [0, 0.05) is 30.6 Å². The van der Waals surface area contributed by atoms with Gasteiger partial charge in [0.25, 0.3) is 5.91 Å². The summed E-state index contributed by atoms with van der Waals surface area (Å²) < 4.78 is 10.7. The molecule has 0 spiro atoms. The SMILES string of the molecule is CN(C(=O)c1csc(-c2ccc3c(c2)OCO3)n1)C1CCNC1.Cl.Cl. The Kier molecular flexibility index (Phi) is 6.51. The molecule has 2 aliphatic rings. The Morgan fingerprint density at radius 2 is 2.12 bits per heavy atom. The molecular formula is C16H19Cl2N3O3S. The maximum atomic E-state index is 12.6. The minimum atomic E-state index is -0.0260. The molecule has 1 aromatic heterocycles. The third kappa shape index (κ3) is 3.84. The maximum Gasteiger partial charge on any atom is 0.273 e. The van der Waals surface area contributed by atoms with Crippen molar-refractivity contribution in [2.45, 2.75) is 12.5 Å². The van der Waals surface area contributed by atoms with Crippen LogP contribution in [0.5, 0.6) is 11.5 Å². The molecule has 0 saturated carbocycles. The fraction of sp³-hybridized carbons (Fsp3) is 0.375. The number of amides is 1. The minimum Gasteiger partial charge on any atom is -0.454 e. The van der Waals surface area contributed by atoms with E-state index in [-0.39, 0.29) is 43.6 Å². The van der Waals surface area contributed by atoms with Gasteiger partial charge >= 0.3 is 0 Å². The Hall–Kier alpha value is -1.54. The first-order chi connectivity index (χ1) is 11.2. The number of hydrogen-bond acceptors (Lipinski definition) is 6. The molecule has 1 aromatic carbocycles. The van der Waals surface area contributed by atoms with Gasteiger partial charge < -0.3 is 19.7 Å². The Morgan fingerprint density at radius 1 is 1.32 bits per heavy atom. The van der Waals surface area contributed by atoms with E-state index in [4.69, 9.17) is 9.47 Å². The van der Waals surface area contributed by atoms with E-state index in [0.717, 1.165) is 41.6 Å². The van der Waals surface area contributed by atoms with Crippen LogP contribution in [0.4, 0.5) is 0 Å². The van der Waals surface area contributed by atoms with Crippen LogP contribution >= 0.6 is 36.2 Å². The summed E-state index contributed by atoms with van der Waals surface area (Å²) in [5.74, 6) is 1.44. The van der Waals surface area contributed by atoms with Gasteiger partial charge in [0.1, 0.15) is 10.7 Å². The number of carbonyl (C=O) groups is 1. The Balaban J connectivity index is 0.00000113. The van der Waals surface area contributed by atoms with Crippen molar-refractivity contribution < 1.29 is 14.3 Å². The second-order valence-corrected chi connectivity index (χ2v) is 6.53. The Morgan fingerprint density at radius 3 is 2.88 bits per heavy atom. The van der Waals surface area contributed by atoms with Gasteiger partial charge in [-0.3, -0.25) is 4.79 Å². The lowest BCUT2D eigenvalue weighted by Crippen LogP contribution is -2.38. The van der Waals surface area contributed by atoms with Crippen LogP contribution < -0.4 is 14.8 Å². The molecule has 6 nitrogen and oxygen atoms in total. The zero-order valence-electron chi connectivity index (χ0n) is 13.6. The quantitative estimate of drug-likeness (QED) is 0.853. The number of carbonyl (C=O) groups excluding carboxylic acids is 1. The lowest BCUT2D eigenvalue weighted by Gasteiger charge is -2.22. The summed E-state index contributed by atoms with van der Waals surface area (Å²) in [6.45, 7) is 2.06. The van der Waals surface area contributed by atoms with Crippen molar-refractivity contribution in [1.82, 2.24) is 15.2 Å². The van der Waals surface area contributed by atoms with E-state index < -0.39 is 0 Å². The van der Waals surface area contributed by atoms with Gasteiger partial charge in [-0.15, -0.1) is 36.2 Å². The number of rotatable bonds is 3. The molecule has 136 valence electrons. The van der Waals surface area contributed by atoms with Crippen molar-refractivity contribution in [2.24, 2.45) is 0 Å². The summed E-state index contributed by atoms with van der Waals surface area (Å²) in [5.41, 5.74) is 1.43. The molecule has 1 fully saturated rings. The second kappa shape index (κ2) is 8.23. The molecule has 0 aliphatic carbocycles. The van der Waals surface area contributed by atoms with Crippen LogP contribution in [0.3, 0.4) is 0 Å². The third-order valence-corrected chi connectivity index (χ3v) is 5.14. The van der Waals surface area contributed by atoms with Crippen LogP contribution in [0, 0.1) is 0 Å². The fourth-order valence-corrected chi connectivity index (χ4v) is 3.64. The molecule has 2 aromatic rings. The van der Waals surface area contributed by atoms with Crippen molar-refractivity contribution in [3.8, 4) is 22.1 Å². The van der Waals surface area contributed by atoms with Crippen LogP contribution in [0.2, 0.25) is 0 Å². The van der Waals surface area contributed by atoms with E-state index in [9.17, 15) is 4.79 Å². The second-order valence-electron chi connectivity index (χ2n) is 5.67. The summed E-state index contributed by atoms with van der Waals surface area (Å²) in [6.07, 6.45) is 0.987. The molecule has 1 N–H and O–H groups in total. The highest BCUT2D eigenvalue weighted by Crippen LogP contribution is 2.36. The summed E-state index contributed by atoms with van der Waals surface area (Å²) in [4.78, 5) is 18.9. The lowest BCUT2D eigenvalue weighted by molar-refractivity contribution is 0.0739. The van der Waals surface area contributed by atoms with E-state index in [1.165, 1.54) is 11.3 Å². The van der Waals surface area contributed by atoms with Gasteiger partial charge in [-0.25, -0.2) is 4.98 Å². The zero-order valence-corrected chi connectivity index (χ0v) is 16.0. The number of ether oxygens (including phenoxy) is 2. The Bertz CT molecular complexity index is 750. The monoisotopic (exact) mass is 403 g/mol. The molecule has 1 amide bonds. The molecule has 1 saturated heterocycles. The number of halogens is 2. The highest BCUT2D eigenvalue weighted by Gasteiger charge is 2.25. The highest BCUT2D eigenvalue weighted by atomic mass is 35.5. The largest absolute Gasteiger partial charge is 0.454 e. The molecule has 9 heteroatoms. The van der Waals surface area contributed by atoms with Crippen LogP contribution in [-0.4, -0.2) is 48.8 Å². The van der Waals surface area contributed by atoms with Gasteiger partial charge in [0.15, 0.2) is 11.5 Å². The summed E-state index contributed by atoms with van der Waals surface area (Å²) in [7, 11) is 1.85. The number of likely N-dealkylation sites (N-methyl/N-ethyl adjacent to an activating group) is 1. The van der Waals surface area contributed by atoms with E-state index >= 15 is 0 Å². The normalized spacial score (nSPS) is 17.6. The fourth-order valence-electron chi connectivity index (χ4n) is 2.85. The first-order valence-corrected chi connectivity index (χ1v) is 8.44. The van der Waals surface area contributed by atoms with Crippen LogP contribution in [0.1, 0.15) is 16.9 Å². The Labute approximate surface area is 162 Å². The molecular weight excluding hydrogens is 385 g/mol. The summed E-state index contributed by atoms with van der Waals surface area (Å²) in [5, 5.41) is 5.91. The van der Waals surface area contributed by atoms with Gasteiger partial charge in [-0.2, -0.15) is 0 Å². The van der Waals surface area contributed by atoms with E-state index in [2.05, 4.69) is 10.3 Å². The lowest BCUT2D eigenvalue weighted by atomic mass is 10.2. The number of nitrogens with one attached hydrogen (secondary N) is 1. The molecule has 2 aliphatic heterocycles. The molecule has 0 bridgehead atoms. The van der Waals surface area contributed by atoms with Crippen LogP contribution in [-0.2, 0) is 0 Å². The van der Waals surface area contributed by atoms with Gasteiger partial charge in [-0.05, 0) is 31.2 Å². The van der Waals surface area contributed by atoms with Crippen molar-refractivity contribution in [2.75, 3.05) is 26.9 Å². The van der Waals surface area contributed by atoms with Gasteiger partial charge in [-0.1, -0.05) is 0 Å². The molecule has 3 heterocycles. The average molecular weight is 404 g/mol. The van der Waals surface area contributed by atoms with Crippen molar-refractivity contribution in [1.29, 1.82) is 0 Å². The van der Waals surface area contributed by atoms with Crippen molar-refractivity contribution in [3.05, 3.63) is 29.3 Å². The number of benzene rings is 1. The number of aromatic nitrogens is 1. The van der Waals surface area contributed by atoms with Crippen molar-refractivity contribution in [3.63, 3.8) is 0 Å². The third-order valence-electron chi connectivity index (χ3n) is 4.25. The zero-order chi connectivity index (χ0) is 15.8. The molecule has 25 heavy (non-hydrogen) atoms. The predicted molar refractivity (Wildman–Crippen MR) is 102 cm³/mol. The van der Waals surface area contributed by atoms with Gasteiger partial charge in [0.2, 0.25) is 6.79 Å². The molecule has 4 rings (SSSR count). The van der Waals surface area contributed by atoms with Gasteiger partial charge in [0.05, 0.1) is 0 Å². The molecule has 1 atom stereocenters. The number of hydrogen-bond donors (Lipinski definition) is 1. The average Bonchev–Trinajstić information content (AvgIpc) is 3.33. The predicted octanol–water partition coefficient (Wildman–Crippen LogP) is 2.82. The minimum absolute atomic E-state index is 0. The smallest absolute Gasteiger partial charge is 0.273 e. The first-order valence-electron chi connectivity index (χ1n) is 7.56. The maximum absolute atomic E-state index is 12.6. The van der Waals surface area contributed by atoms with Crippen molar-refractivity contribution >= 4 is 42.1 Å². The number of fused-ring (bicyclic) bond motifs is 1. The van der Waals surface area contributed by atoms with Crippen LogP contribution in [0.25, 0.3) is 10.6 Å².